The molecule has 0 heterocycles. The molecule has 0 aromatic heterocycles. The normalized spacial score (nSPS) is 13.1. The van der Waals surface area contributed by atoms with Gasteiger partial charge in [-0.2, -0.15) is 12.6 Å². The smallest absolute Gasteiger partial charge is 0.327 e. The summed E-state index contributed by atoms with van der Waals surface area (Å²) < 4.78 is 0. The summed E-state index contributed by atoms with van der Waals surface area (Å²) >= 11 is 3.89. The predicted molar refractivity (Wildman–Crippen MR) is 97.0 cm³/mol. The topological polar surface area (TPSA) is 122 Å². The van der Waals surface area contributed by atoms with Gasteiger partial charge in [0.05, 0.1) is 0 Å². The minimum Gasteiger partial charge on any atom is -0.480 e. The molecule has 0 spiro atoms. The first kappa shape index (κ1) is 22.7. The maximum Gasteiger partial charge on any atom is 0.327 e. The van der Waals surface area contributed by atoms with Gasteiger partial charge in [0, 0.05) is 24.6 Å². The summed E-state index contributed by atoms with van der Waals surface area (Å²) in [7, 11) is 0. The number of nitrogens with one attached hydrogen (secondary N) is 2. The molecular formula is C16H31N3O4S. The fraction of sp³-hybridized carbons (Fsp3) is 0.812. The highest BCUT2D eigenvalue weighted by Gasteiger charge is 2.17. The zero-order valence-electron chi connectivity index (χ0n) is 14.4. The number of nitrogens with two attached hydrogens (primary N) is 1. The monoisotopic (exact) mass is 361 g/mol. The lowest BCUT2D eigenvalue weighted by atomic mass is 10.0. The van der Waals surface area contributed by atoms with Crippen molar-refractivity contribution in [1.82, 2.24) is 10.6 Å². The highest BCUT2D eigenvalue weighted by molar-refractivity contribution is 7.80. The molecule has 24 heavy (non-hydrogen) atoms. The highest BCUT2D eigenvalue weighted by atomic mass is 32.1. The number of aliphatic carboxylic acids is 1. The van der Waals surface area contributed by atoms with E-state index in [4.69, 9.17) is 10.8 Å². The van der Waals surface area contributed by atoms with Crippen LogP contribution in [0.2, 0.25) is 0 Å². The molecule has 7 nitrogen and oxygen atoms in total. The van der Waals surface area contributed by atoms with Gasteiger partial charge in [-0.3, -0.25) is 9.59 Å². The number of thiol groups is 1. The number of carbonyl (C=O) groups is 3. The second-order valence-electron chi connectivity index (χ2n) is 5.93. The van der Waals surface area contributed by atoms with Gasteiger partial charge in [-0.1, -0.05) is 19.8 Å². The van der Waals surface area contributed by atoms with Gasteiger partial charge in [-0.25, -0.2) is 4.79 Å². The van der Waals surface area contributed by atoms with E-state index in [2.05, 4.69) is 23.3 Å². The first-order chi connectivity index (χ1) is 11.4. The first-order valence-electron chi connectivity index (χ1n) is 8.53. The van der Waals surface area contributed by atoms with Gasteiger partial charge in [0.25, 0.3) is 0 Å². The molecule has 0 saturated heterocycles. The molecule has 8 heteroatoms. The summed E-state index contributed by atoms with van der Waals surface area (Å²) in [4.78, 5) is 34.2. The van der Waals surface area contributed by atoms with E-state index in [1.807, 2.05) is 6.92 Å². The van der Waals surface area contributed by atoms with E-state index in [0.717, 1.165) is 32.1 Å². The molecule has 0 saturated carbocycles. The SMILES string of the molecule is CC(CCCCN)C(=O)NCCCCCC(=O)NC(CS)C(=O)O. The van der Waals surface area contributed by atoms with Crippen LogP contribution in [0.15, 0.2) is 0 Å². The molecule has 0 aliphatic rings. The zero-order chi connectivity index (χ0) is 18.4. The van der Waals surface area contributed by atoms with Gasteiger partial charge < -0.3 is 21.5 Å². The van der Waals surface area contributed by atoms with Gasteiger partial charge in [-0.15, -0.1) is 0 Å². The quantitative estimate of drug-likeness (QED) is 0.233. The van der Waals surface area contributed by atoms with Crippen LogP contribution in [0, 0.1) is 5.92 Å². The van der Waals surface area contributed by atoms with Crippen LogP contribution in [-0.2, 0) is 14.4 Å². The van der Waals surface area contributed by atoms with E-state index in [0.29, 0.717) is 19.5 Å². The van der Waals surface area contributed by atoms with Crippen molar-refractivity contribution < 1.29 is 19.5 Å². The number of hydrogen-bond donors (Lipinski definition) is 5. The number of carbonyl (C=O) groups excluding carboxylic acids is 2. The Kier molecular flexibility index (Phi) is 13.3. The summed E-state index contributed by atoms with van der Waals surface area (Å²) in [6, 6.07) is -0.944. The molecule has 2 atom stereocenters. The summed E-state index contributed by atoms with van der Waals surface area (Å²) in [6.45, 7) is 3.16. The van der Waals surface area contributed by atoms with E-state index < -0.39 is 12.0 Å². The Bertz CT molecular complexity index is 394. The molecule has 0 fully saturated rings. The van der Waals surface area contributed by atoms with Crippen LogP contribution in [0.5, 0.6) is 0 Å². The third-order valence-electron chi connectivity index (χ3n) is 3.73. The van der Waals surface area contributed by atoms with Gasteiger partial charge >= 0.3 is 5.97 Å². The first-order valence-corrected chi connectivity index (χ1v) is 9.16. The molecule has 0 radical (unpaired) electrons. The zero-order valence-corrected chi connectivity index (χ0v) is 15.3. The second kappa shape index (κ2) is 14.1. The molecule has 140 valence electrons. The molecule has 0 rings (SSSR count). The van der Waals surface area contributed by atoms with Gasteiger partial charge in [0.15, 0.2) is 0 Å². The Morgan fingerprint density at radius 2 is 1.83 bits per heavy atom. The van der Waals surface area contributed by atoms with Crippen molar-refractivity contribution in [2.45, 2.75) is 57.9 Å². The lowest BCUT2D eigenvalue weighted by molar-refractivity contribution is -0.141. The fourth-order valence-electron chi connectivity index (χ4n) is 2.15. The number of hydrogen-bond acceptors (Lipinski definition) is 5. The molecule has 2 unspecified atom stereocenters. The Morgan fingerprint density at radius 1 is 1.12 bits per heavy atom. The average Bonchev–Trinajstić information content (AvgIpc) is 2.55. The standard InChI is InChI=1S/C16H31N3O4S/c1-12(7-4-5-9-17)15(21)18-10-6-2-3-8-14(20)19-13(11-24)16(22)23/h12-13,24H,2-11,17H2,1H3,(H,18,21)(H,19,20)(H,22,23). The Morgan fingerprint density at radius 3 is 2.42 bits per heavy atom. The van der Waals surface area contributed by atoms with Crippen LogP contribution in [0.4, 0.5) is 0 Å². The third-order valence-corrected chi connectivity index (χ3v) is 4.10. The fourth-order valence-corrected chi connectivity index (χ4v) is 2.40. The third kappa shape index (κ3) is 11.3. The van der Waals surface area contributed by atoms with Gasteiger partial charge in [0.2, 0.25) is 11.8 Å². The van der Waals surface area contributed by atoms with E-state index >= 15 is 0 Å². The molecule has 2 amide bonds. The van der Waals surface area contributed by atoms with E-state index in [9.17, 15) is 14.4 Å². The van der Waals surface area contributed by atoms with Crippen molar-refractivity contribution in [3.05, 3.63) is 0 Å². The number of carboxylic acid groups (broad SMARTS) is 1. The minimum atomic E-state index is -1.08. The lowest BCUT2D eigenvalue weighted by Gasteiger charge is -2.12. The highest BCUT2D eigenvalue weighted by Crippen LogP contribution is 2.07. The summed E-state index contributed by atoms with van der Waals surface area (Å²) in [5, 5.41) is 14.1. The van der Waals surface area contributed by atoms with Crippen molar-refractivity contribution in [3.63, 3.8) is 0 Å². The van der Waals surface area contributed by atoms with E-state index in [1.54, 1.807) is 0 Å². The Hall–Kier alpha value is -1.28. The molecule has 0 aliphatic heterocycles. The Labute approximate surface area is 149 Å². The number of carboxylic acids is 1. The molecule has 0 aromatic carbocycles. The van der Waals surface area contributed by atoms with Gasteiger partial charge in [-0.05, 0) is 32.2 Å². The molecule has 0 aromatic rings. The molecule has 0 aliphatic carbocycles. The van der Waals surface area contributed by atoms with Crippen molar-refractivity contribution in [2.24, 2.45) is 11.7 Å². The number of amides is 2. The average molecular weight is 362 g/mol. The van der Waals surface area contributed by atoms with E-state index in [-0.39, 0.29) is 29.9 Å². The largest absolute Gasteiger partial charge is 0.480 e. The second-order valence-corrected chi connectivity index (χ2v) is 6.29. The van der Waals surface area contributed by atoms with Crippen LogP contribution < -0.4 is 16.4 Å². The molecular weight excluding hydrogens is 330 g/mol. The summed E-state index contributed by atoms with van der Waals surface area (Å²) in [5.41, 5.74) is 5.43. The van der Waals surface area contributed by atoms with Crippen LogP contribution >= 0.6 is 12.6 Å². The van der Waals surface area contributed by atoms with Crippen molar-refractivity contribution in [1.29, 1.82) is 0 Å². The maximum atomic E-state index is 11.8. The van der Waals surface area contributed by atoms with Crippen LogP contribution in [-0.4, -0.2) is 47.8 Å². The predicted octanol–water partition coefficient (Wildman–Crippen LogP) is 0.927. The lowest BCUT2D eigenvalue weighted by Crippen LogP contribution is -2.42. The minimum absolute atomic E-state index is 0.00323. The number of rotatable bonds is 14. The Balaban J connectivity index is 3.67. The van der Waals surface area contributed by atoms with Crippen molar-refractivity contribution in [2.75, 3.05) is 18.8 Å². The van der Waals surface area contributed by atoms with E-state index in [1.165, 1.54) is 0 Å². The summed E-state index contributed by atoms with van der Waals surface area (Å²) in [5.74, 6) is -1.24. The molecule has 5 N–H and O–H groups in total. The summed E-state index contributed by atoms with van der Waals surface area (Å²) in [6.07, 6.45) is 5.28. The van der Waals surface area contributed by atoms with Crippen LogP contribution in [0.25, 0.3) is 0 Å². The molecule has 0 bridgehead atoms. The van der Waals surface area contributed by atoms with Crippen LogP contribution in [0.3, 0.4) is 0 Å². The van der Waals surface area contributed by atoms with Crippen molar-refractivity contribution in [3.8, 4) is 0 Å². The van der Waals surface area contributed by atoms with Crippen molar-refractivity contribution >= 4 is 30.4 Å². The van der Waals surface area contributed by atoms with Crippen LogP contribution in [0.1, 0.15) is 51.9 Å². The maximum absolute atomic E-state index is 11.8. The number of unbranched alkanes of at least 4 members (excludes halogenated alkanes) is 3. The van der Waals surface area contributed by atoms with Gasteiger partial charge in [0.1, 0.15) is 6.04 Å².